The third-order valence-electron chi connectivity index (χ3n) is 8.64. The lowest BCUT2D eigenvalue weighted by Crippen LogP contribution is -2.57. The van der Waals surface area contributed by atoms with E-state index in [1.54, 1.807) is 0 Å². The van der Waals surface area contributed by atoms with Crippen molar-refractivity contribution in [2.75, 3.05) is 6.07 Å². The van der Waals surface area contributed by atoms with Crippen LogP contribution in [-0.2, 0) is 14.3 Å². The Bertz CT molecular complexity index is 673. The van der Waals surface area contributed by atoms with Crippen molar-refractivity contribution < 1.29 is 19.4 Å². The second-order valence-corrected chi connectivity index (χ2v) is 9.58. The van der Waals surface area contributed by atoms with Crippen molar-refractivity contribution in [2.45, 2.75) is 70.8 Å². The van der Waals surface area contributed by atoms with Gasteiger partial charge in [0.1, 0.15) is 0 Å². The SMILES string of the molecule is C[C@]12CCC(=O)C=C1CC[C@@H]1[C@@H]2CC[C@@]2(C)[C@H]1CCC2(O)C(=O)OCCl. The Balaban J connectivity index is 1.65. The van der Waals surface area contributed by atoms with Gasteiger partial charge in [0.15, 0.2) is 17.5 Å². The molecule has 0 aliphatic heterocycles. The smallest absolute Gasteiger partial charge is 0.339 e. The summed E-state index contributed by atoms with van der Waals surface area (Å²) in [5.74, 6) is 1.09. The molecule has 0 heterocycles. The first-order chi connectivity index (χ1) is 12.3. The number of carbonyl (C=O) groups excluding carboxylic acids is 2. The van der Waals surface area contributed by atoms with Crippen LogP contribution in [0, 0.1) is 28.6 Å². The van der Waals surface area contributed by atoms with Crippen molar-refractivity contribution in [3.8, 4) is 0 Å². The average molecular weight is 381 g/mol. The van der Waals surface area contributed by atoms with Crippen LogP contribution in [0.3, 0.4) is 0 Å². The third kappa shape index (κ3) is 2.30. The maximum Gasteiger partial charge on any atom is 0.339 e. The molecule has 0 aromatic carbocycles. The lowest BCUT2D eigenvalue weighted by atomic mass is 9.46. The van der Waals surface area contributed by atoms with Crippen LogP contribution in [0.1, 0.15) is 65.2 Å². The predicted octanol–water partition coefficient (Wildman–Crippen LogP) is 3.99. The summed E-state index contributed by atoms with van der Waals surface area (Å²) in [5.41, 5.74) is -0.417. The van der Waals surface area contributed by atoms with Crippen LogP contribution < -0.4 is 0 Å². The molecular formula is C21H29ClO4. The molecule has 1 unspecified atom stereocenters. The van der Waals surface area contributed by atoms with Gasteiger partial charge in [-0.3, -0.25) is 4.79 Å². The fraction of sp³-hybridized carbons (Fsp3) is 0.810. The van der Waals surface area contributed by atoms with Crippen LogP contribution in [0.2, 0.25) is 0 Å². The maximum absolute atomic E-state index is 12.5. The topological polar surface area (TPSA) is 63.6 Å². The molecule has 0 aromatic rings. The molecule has 144 valence electrons. The second-order valence-electron chi connectivity index (χ2n) is 9.36. The van der Waals surface area contributed by atoms with Gasteiger partial charge in [0.25, 0.3) is 0 Å². The van der Waals surface area contributed by atoms with Crippen LogP contribution in [0.5, 0.6) is 0 Å². The zero-order valence-electron chi connectivity index (χ0n) is 15.7. The van der Waals surface area contributed by atoms with Crippen molar-refractivity contribution in [1.82, 2.24) is 0 Å². The number of ether oxygens (including phenoxy) is 1. The Labute approximate surface area is 160 Å². The fourth-order valence-electron chi connectivity index (χ4n) is 7.08. The molecule has 4 nitrogen and oxygen atoms in total. The Morgan fingerprint density at radius 3 is 2.65 bits per heavy atom. The molecule has 4 rings (SSSR count). The van der Waals surface area contributed by atoms with Gasteiger partial charge in [0.2, 0.25) is 0 Å². The Hall–Kier alpha value is -0.870. The minimum Gasteiger partial charge on any atom is -0.447 e. The number of halogens is 1. The molecule has 3 saturated carbocycles. The normalized spacial score (nSPS) is 47.5. The highest BCUT2D eigenvalue weighted by atomic mass is 35.5. The third-order valence-corrected chi connectivity index (χ3v) is 8.75. The number of hydrogen-bond donors (Lipinski definition) is 1. The minimum absolute atomic E-state index is 0.107. The first-order valence-electron chi connectivity index (χ1n) is 9.96. The predicted molar refractivity (Wildman–Crippen MR) is 98.5 cm³/mol. The highest BCUT2D eigenvalue weighted by molar-refractivity contribution is 6.17. The molecule has 6 atom stereocenters. The van der Waals surface area contributed by atoms with E-state index in [2.05, 4.69) is 13.8 Å². The number of ketones is 1. The highest BCUT2D eigenvalue weighted by Crippen LogP contribution is 2.67. The summed E-state index contributed by atoms with van der Waals surface area (Å²) < 4.78 is 5.03. The molecule has 0 aromatic heterocycles. The maximum atomic E-state index is 12.5. The molecule has 0 radical (unpaired) electrons. The molecule has 4 aliphatic carbocycles. The van der Waals surface area contributed by atoms with Crippen molar-refractivity contribution >= 4 is 23.4 Å². The van der Waals surface area contributed by atoms with Crippen LogP contribution in [0.15, 0.2) is 11.6 Å². The van der Waals surface area contributed by atoms with Crippen LogP contribution in [0.4, 0.5) is 0 Å². The number of carbonyl (C=O) groups is 2. The second kappa shape index (κ2) is 6.07. The van der Waals surface area contributed by atoms with Crippen molar-refractivity contribution in [1.29, 1.82) is 0 Å². The molecule has 0 bridgehead atoms. The van der Waals surface area contributed by atoms with E-state index in [4.69, 9.17) is 16.3 Å². The molecule has 4 aliphatic rings. The van der Waals surface area contributed by atoms with E-state index in [0.717, 1.165) is 38.5 Å². The minimum atomic E-state index is -1.42. The zero-order valence-corrected chi connectivity index (χ0v) is 16.5. The summed E-state index contributed by atoms with van der Waals surface area (Å²) in [6, 6.07) is -0.214. The van der Waals surface area contributed by atoms with Gasteiger partial charge in [-0.05, 0) is 74.2 Å². The summed E-state index contributed by atoms with van der Waals surface area (Å²) in [4.78, 5) is 24.4. The van der Waals surface area contributed by atoms with Gasteiger partial charge in [-0.15, -0.1) is 0 Å². The molecule has 3 fully saturated rings. The summed E-state index contributed by atoms with van der Waals surface area (Å²) in [6.07, 6.45) is 8.68. The van der Waals surface area contributed by atoms with Gasteiger partial charge in [0, 0.05) is 11.8 Å². The Kier molecular flexibility index (Phi) is 4.31. The summed E-state index contributed by atoms with van der Waals surface area (Å²) >= 11 is 5.59. The molecule has 26 heavy (non-hydrogen) atoms. The van der Waals surface area contributed by atoms with Crippen LogP contribution in [-0.4, -0.2) is 28.5 Å². The number of rotatable bonds is 2. The number of esters is 1. The zero-order chi connectivity index (χ0) is 18.7. The van der Waals surface area contributed by atoms with E-state index in [0.29, 0.717) is 30.6 Å². The largest absolute Gasteiger partial charge is 0.447 e. The van der Waals surface area contributed by atoms with E-state index in [9.17, 15) is 14.7 Å². The summed E-state index contributed by atoms with van der Waals surface area (Å²) in [6.45, 7) is 4.42. The van der Waals surface area contributed by atoms with E-state index in [1.807, 2.05) is 6.08 Å². The van der Waals surface area contributed by atoms with Crippen LogP contribution >= 0.6 is 11.6 Å². The van der Waals surface area contributed by atoms with E-state index < -0.39 is 17.0 Å². The van der Waals surface area contributed by atoms with Gasteiger partial charge in [-0.1, -0.05) is 31.0 Å². The lowest BCUT2D eigenvalue weighted by molar-refractivity contribution is -0.185. The van der Waals surface area contributed by atoms with Crippen LogP contribution in [0.25, 0.3) is 0 Å². The highest BCUT2D eigenvalue weighted by Gasteiger charge is 2.67. The monoisotopic (exact) mass is 380 g/mol. The van der Waals surface area contributed by atoms with Gasteiger partial charge >= 0.3 is 5.97 Å². The first kappa shape index (κ1) is 18.5. The molecule has 0 amide bonds. The van der Waals surface area contributed by atoms with Gasteiger partial charge in [-0.25, -0.2) is 4.79 Å². The first-order valence-corrected chi connectivity index (χ1v) is 10.5. The quantitative estimate of drug-likeness (QED) is 0.581. The molecule has 1 N–H and O–H groups in total. The number of alkyl halides is 1. The molecule has 0 saturated heterocycles. The lowest BCUT2D eigenvalue weighted by Gasteiger charge is -2.58. The van der Waals surface area contributed by atoms with Gasteiger partial charge < -0.3 is 9.84 Å². The van der Waals surface area contributed by atoms with E-state index in [-0.39, 0.29) is 17.3 Å². The summed E-state index contributed by atoms with van der Waals surface area (Å²) in [7, 11) is 0. The van der Waals surface area contributed by atoms with Crippen molar-refractivity contribution in [3.05, 3.63) is 11.6 Å². The van der Waals surface area contributed by atoms with E-state index >= 15 is 0 Å². The van der Waals surface area contributed by atoms with Crippen molar-refractivity contribution in [2.24, 2.45) is 28.6 Å². The van der Waals surface area contributed by atoms with Crippen molar-refractivity contribution in [3.63, 3.8) is 0 Å². The molecular weight excluding hydrogens is 352 g/mol. The average Bonchev–Trinajstić information content (AvgIpc) is 2.88. The Morgan fingerprint density at radius 1 is 1.19 bits per heavy atom. The standard InChI is InChI=1S/C21H29ClO4/c1-19-8-5-14(23)11-13(19)3-4-15-16(19)6-9-20(2)17(15)7-10-21(20,25)18(24)26-12-22/h11,15-17,25H,3-10,12H2,1-2H3/t15-,16+,17+,19+,20+,21?/m1/s1. The van der Waals surface area contributed by atoms with E-state index in [1.165, 1.54) is 5.57 Å². The number of aliphatic hydroxyl groups is 1. The molecule has 0 spiro atoms. The summed E-state index contributed by atoms with van der Waals surface area (Å²) in [5, 5.41) is 11.3. The molecule has 5 heteroatoms. The number of allylic oxidation sites excluding steroid dienone is 1. The fourth-order valence-corrected chi connectivity index (χ4v) is 7.18. The number of fused-ring (bicyclic) bond motifs is 5. The van der Waals surface area contributed by atoms with Gasteiger partial charge in [0.05, 0.1) is 0 Å². The number of hydrogen-bond acceptors (Lipinski definition) is 4. The Morgan fingerprint density at radius 2 is 1.92 bits per heavy atom. The van der Waals surface area contributed by atoms with Gasteiger partial charge in [-0.2, -0.15) is 0 Å².